The van der Waals surface area contributed by atoms with Crippen LogP contribution in [-0.4, -0.2) is 49.8 Å². The molecular formula is C20H31N3O2. The summed E-state index contributed by atoms with van der Waals surface area (Å²) >= 11 is 0. The molecule has 0 spiro atoms. The van der Waals surface area contributed by atoms with Gasteiger partial charge in [-0.25, -0.2) is 4.79 Å². The number of carbonyl (C=O) groups is 1. The lowest BCUT2D eigenvalue weighted by Gasteiger charge is -2.35. The molecule has 0 aromatic heterocycles. The van der Waals surface area contributed by atoms with Gasteiger partial charge < -0.3 is 15.4 Å². The van der Waals surface area contributed by atoms with Crippen molar-refractivity contribution in [3.8, 4) is 0 Å². The number of nitrogens with one attached hydrogen (secondary N) is 2. The fraction of sp³-hybridized carbons (Fsp3) is 0.650. The van der Waals surface area contributed by atoms with Gasteiger partial charge in [-0.1, -0.05) is 49.1 Å². The van der Waals surface area contributed by atoms with E-state index in [0.29, 0.717) is 12.6 Å². The molecule has 5 nitrogen and oxygen atoms in total. The topological polar surface area (TPSA) is 53.6 Å². The summed E-state index contributed by atoms with van der Waals surface area (Å²) in [6, 6.07) is 9.15. The number of rotatable bonds is 5. The van der Waals surface area contributed by atoms with Gasteiger partial charge in [0, 0.05) is 25.7 Å². The highest BCUT2D eigenvalue weighted by Gasteiger charge is 2.23. The van der Waals surface area contributed by atoms with E-state index >= 15 is 0 Å². The van der Waals surface area contributed by atoms with Gasteiger partial charge in [0.15, 0.2) is 0 Å². The van der Waals surface area contributed by atoms with E-state index in [9.17, 15) is 4.79 Å². The first-order chi connectivity index (χ1) is 12.2. The van der Waals surface area contributed by atoms with Crippen molar-refractivity contribution < 1.29 is 9.53 Å². The van der Waals surface area contributed by atoms with Crippen molar-refractivity contribution in [1.82, 2.24) is 15.5 Å². The molecule has 1 heterocycles. The Morgan fingerprint density at radius 1 is 1.16 bits per heavy atom. The number of hydrogen-bond acceptors (Lipinski definition) is 3. The first-order valence-corrected chi connectivity index (χ1v) is 9.65. The molecule has 0 bridgehead atoms. The van der Waals surface area contributed by atoms with Crippen molar-refractivity contribution in [2.45, 2.75) is 51.1 Å². The average molecular weight is 345 g/mol. The third-order valence-electron chi connectivity index (χ3n) is 5.34. The Kier molecular flexibility index (Phi) is 6.70. The molecule has 1 aromatic carbocycles. The molecule has 5 heteroatoms. The summed E-state index contributed by atoms with van der Waals surface area (Å²) in [6.07, 6.45) is 5.97. The predicted octanol–water partition coefficient (Wildman–Crippen LogP) is 3.00. The second-order valence-electron chi connectivity index (χ2n) is 7.26. The molecule has 2 amide bonds. The Labute approximate surface area is 151 Å². The van der Waals surface area contributed by atoms with Crippen LogP contribution in [0.25, 0.3) is 0 Å². The van der Waals surface area contributed by atoms with Crippen molar-refractivity contribution in [3.05, 3.63) is 35.4 Å². The van der Waals surface area contributed by atoms with Crippen molar-refractivity contribution in [1.29, 1.82) is 0 Å². The minimum atomic E-state index is -0.0303. The Morgan fingerprint density at radius 3 is 2.52 bits per heavy atom. The summed E-state index contributed by atoms with van der Waals surface area (Å²) in [6.45, 7) is 6.06. The molecule has 1 saturated carbocycles. The number of nitrogens with zero attached hydrogens (tertiary/aromatic N) is 1. The zero-order valence-electron chi connectivity index (χ0n) is 15.3. The zero-order valence-corrected chi connectivity index (χ0v) is 15.3. The second kappa shape index (κ2) is 9.20. The lowest BCUT2D eigenvalue weighted by Crippen LogP contribution is -2.47. The molecule has 2 N–H and O–H groups in total. The number of carbonyl (C=O) groups excluding carboxylic acids is 1. The molecule has 1 aromatic rings. The van der Waals surface area contributed by atoms with Gasteiger partial charge in [0.1, 0.15) is 0 Å². The second-order valence-corrected chi connectivity index (χ2v) is 7.26. The van der Waals surface area contributed by atoms with Gasteiger partial charge in [0.2, 0.25) is 0 Å². The van der Waals surface area contributed by atoms with Crippen LogP contribution in [0.3, 0.4) is 0 Å². The van der Waals surface area contributed by atoms with Gasteiger partial charge in [-0.05, 0) is 25.3 Å². The number of aryl methyl sites for hydroxylation is 1. The van der Waals surface area contributed by atoms with Crippen LogP contribution in [0.2, 0.25) is 0 Å². The lowest BCUT2D eigenvalue weighted by atomic mass is 9.96. The predicted molar refractivity (Wildman–Crippen MR) is 99.7 cm³/mol. The zero-order chi connectivity index (χ0) is 17.5. The number of hydrogen-bond donors (Lipinski definition) is 2. The number of amides is 2. The lowest BCUT2D eigenvalue weighted by molar-refractivity contribution is 0.0167. The van der Waals surface area contributed by atoms with E-state index in [0.717, 1.165) is 39.1 Å². The summed E-state index contributed by atoms with van der Waals surface area (Å²) < 4.78 is 5.49. The van der Waals surface area contributed by atoms with Crippen molar-refractivity contribution >= 4 is 6.03 Å². The maximum absolute atomic E-state index is 12.3. The Morgan fingerprint density at radius 2 is 1.84 bits per heavy atom. The fourth-order valence-electron chi connectivity index (χ4n) is 3.81. The minimum absolute atomic E-state index is 0.0303. The van der Waals surface area contributed by atoms with E-state index in [2.05, 4.69) is 46.7 Å². The molecular weight excluding hydrogens is 314 g/mol. The van der Waals surface area contributed by atoms with Gasteiger partial charge in [-0.15, -0.1) is 0 Å². The SMILES string of the molecule is Cc1ccc([C@H](CNC(=O)NC2CCCCC2)N2CCOCC2)cc1. The van der Waals surface area contributed by atoms with E-state index in [1.54, 1.807) is 0 Å². The quantitative estimate of drug-likeness (QED) is 0.862. The highest BCUT2D eigenvalue weighted by atomic mass is 16.5. The summed E-state index contributed by atoms with van der Waals surface area (Å²) in [4.78, 5) is 14.7. The molecule has 1 atom stereocenters. The van der Waals surface area contributed by atoms with Crippen LogP contribution in [0.15, 0.2) is 24.3 Å². The Hall–Kier alpha value is -1.59. The first-order valence-electron chi connectivity index (χ1n) is 9.65. The van der Waals surface area contributed by atoms with Crippen LogP contribution < -0.4 is 10.6 Å². The molecule has 1 saturated heterocycles. The summed E-state index contributed by atoms with van der Waals surface area (Å²) in [7, 11) is 0. The highest BCUT2D eigenvalue weighted by Crippen LogP contribution is 2.22. The van der Waals surface area contributed by atoms with Gasteiger partial charge in [-0.2, -0.15) is 0 Å². The van der Waals surface area contributed by atoms with E-state index in [1.165, 1.54) is 30.4 Å². The largest absolute Gasteiger partial charge is 0.379 e. The van der Waals surface area contributed by atoms with Crippen molar-refractivity contribution in [2.75, 3.05) is 32.8 Å². The number of urea groups is 1. The van der Waals surface area contributed by atoms with Crippen LogP contribution in [0.1, 0.15) is 49.3 Å². The average Bonchev–Trinajstić information content (AvgIpc) is 2.65. The third-order valence-corrected chi connectivity index (χ3v) is 5.34. The smallest absolute Gasteiger partial charge is 0.315 e. The summed E-state index contributed by atoms with van der Waals surface area (Å²) in [5.41, 5.74) is 2.51. The standard InChI is InChI=1S/C20H31N3O2/c1-16-7-9-17(10-8-16)19(23-11-13-25-14-12-23)15-21-20(24)22-18-5-3-2-4-6-18/h7-10,18-19H,2-6,11-15H2,1H3,(H2,21,22,24)/t19-/m0/s1. The molecule has 2 aliphatic rings. The van der Waals surface area contributed by atoms with Crippen molar-refractivity contribution in [2.24, 2.45) is 0 Å². The number of ether oxygens (including phenoxy) is 1. The Bertz CT molecular complexity index is 534. The minimum Gasteiger partial charge on any atom is -0.379 e. The molecule has 0 radical (unpaired) electrons. The van der Waals surface area contributed by atoms with Crippen LogP contribution in [0, 0.1) is 6.92 Å². The van der Waals surface area contributed by atoms with Crippen LogP contribution >= 0.6 is 0 Å². The van der Waals surface area contributed by atoms with E-state index in [1.807, 2.05) is 0 Å². The first kappa shape index (κ1) is 18.2. The molecule has 2 fully saturated rings. The maximum atomic E-state index is 12.3. The number of benzene rings is 1. The van der Waals surface area contributed by atoms with E-state index < -0.39 is 0 Å². The molecule has 0 unspecified atom stereocenters. The van der Waals surface area contributed by atoms with E-state index in [4.69, 9.17) is 4.74 Å². The molecule has 1 aliphatic carbocycles. The van der Waals surface area contributed by atoms with Gasteiger partial charge >= 0.3 is 6.03 Å². The van der Waals surface area contributed by atoms with Gasteiger partial charge in [0.25, 0.3) is 0 Å². The maximum Gasteiger partial charge on any atom is 0.315 e. The van der Waals surface area contributed by atoms with E-state index in [-0.39, 0.29) is 12.1 Å². The fourth-order valence-corrected chi connectivity index (χ4v) is 3.81. The van der Waals surface area contributed by atoms with Gasteiger partial charge in [0.05, 0.1) is 19.3 Å². The third kappa shape index (κ3) is 5.44. The van der Waals surface area contributed by atoms with Gasteiger partial charge in [-0.3, -0.25) is 4.90 Å². The monoisotopic (exact) mass is 345 g/mol. The normalized spacial score (nSPS) is 20.8. The summed E-state index contributed by atoms with van der Waals surface area (Å²) in [5, 5.41) is 6.25. The molecule has 25 heavy (non-hydrogen) atoms. The number of morpholine rings is 1. The van der Waals surface area contributed by atoms with Crippen LogP contribution in [0.5, 0.6) is 0 Å². The molecule has 138 valence electrons. The van der Waals surface area contributed by atoms with Crippen LogP contribution in [-0.2, 0) is 4.74 Å². The molecule has 1 aliphatic heterocycles. The highest BCUT2D eigenvalue weighted by molar-refractivity contribution is 5.74. The van der Waals surface area contributed by atoms with Crippen molar-refractivity contribution in [3.63, 3.8) is 0 Å². The Balaban J connectivity index is 1.58. The summed E-state index contributed by atoms with van der Waals surface area (Å²) in [5.74, 6) is 0. The van der Waals surface area contributed by atoms with Crippen LogP contribution in [0.4, 0.5) is 4.79 Å². The molecule has 3 rings (SSSR count).